The van der Waals surface area contributed by atoms with E-state index < -0.39 is 11.0 Å². The largest absolute Gasteiger partial charge is 0.465 e. The van der Waals surface area contributed by atoms with Crippen molar-refractivity contribution in [2.24, 2.45) is 5.92 Å². The van der Waals surface area contributed by atoms with Gasteiger partial charge in [-0.1, -0.05) is 0 Å². The minimum atomic E-state index is -1.09. The van der Waals surface area contributed by atoms with E-state index in [1.165, 1.54) is 18.2 Å². The number of nitrogens with one attached hydrogen (secondary N) is 2. The zero-order valence-electron chi connectivity index (χ0n) is 15.6. The smallest absolute Gasteiger partial charge is 0.404 e. The van der Waals surface area contributed by atoms with Crippen molar-refractivity contribution in [3.8, 4) is 0 Å². The first-order valence-electron chi connectivity index (χ1n) is 9.08. The second-order valence-corrected chi connectivity index (χ2v) is 6.70. The Morgan fingerprint density at radius 2 is 1.86 bits per heavy atom. The molecule has 0 radical (unpaired) electrons. The van der Waals surface area contributed by atoms with Gasteiger partial charge in [-0.3, -0.25) is 19.7 Å². The van der Waals surface area contributed by atoms with Crippen LogP contribution in [0.2, 0.25) is 0 Å². The van der Waals surface area contributed by atoms with E-state index in [0.29, 0.717) is 50.0 Å². The molecule has 0 bridgehead atoms. The van der Waals surface area contributed by atoms with Crippen molar-refractivity contribution in [2.45, 2.75) is 26.2 Å². The minimum absolute atomic E-state index is 0.0528. The fraction of sp³-hybridized carbons (Fsp3) is 0.500. The monoisotopic (exact) mass is 392 g/mol. The van der Waals surface area contributed by atoms with Crippen LogP contribution < -0.4 is 10.6 Å². The molecule has 0 saturated carbocycles. The van der Waals surface area contributed by atoms with Gasteiger partial charge >= 0.3 is 6.09 Å². The average Bonchev–Trinajstić information content (AvgIpc) is 2.66. The number of carboxylic acid groups (broad SMARTS) is 1. The molecule has 28 heavy (non-hydrogen) atoms. The normalized spacial score (nSPS) is 14.4. The fourth-order valence-electron chi connectivity index (χ4n) is 3.16. The Morgan fingerprint density at radius 1 is 1.21 bits per heavy atom. The number of aryl methyl sites for hydroxylation is 1. The van der Waals surface area contributed by atoms with Crippen molar-refractivity contribution in [3.63, 3.8) is 0 Å². The minimum Gasteiger partial charge on any atom is -0.465 e. The van der Waals surface area contributed by atoms with E-state index >= 15 is 0 Å². The van der Waals surface area contributed by atoms with Crippen LogP contribution in [-0.4, -0.2) is 59.0 Å². The molecule has 0 unspecified atom stereocenters. The first-order chi connectivity index (χ1) is 13.3. The van der Waals surface area contributed by atoms with E-state index in [9.17, 15) is 24.5 Å². The number of non-ortho nitro benzene ring substituents is 1. The Labute approximate surface area is 162 Å². The molecule has 10 heteroatoms. The van der Waals surface area contributed by atoms with Gasteiger partial charge in [-0.2, -0.15) is 0 Å². The Bertz CT molecular complexity index is 758. The van der Waals surface area contributed by atoms with Crippen molar-refractivity contribution in [1.82, 2.24) is 15.5 Å². The average molecular weight is 392 g/mol. The van der Waals surface area contributed by atoms with Crippen LogP contribution in [0.25, 0.3) is 0 Å². The molecule has 1 fully saturated rings. The molecule has 0 atom stereocenters. The molecule has 3 amide bonds. The molecule has 152 valence electrons. The summed E-state index contributed by atoms with van der Waals surface area (Å²) in [5, 5.41) is 24.3. The number of nitro benzene ring substituents is 1. The number of piperidine rings is 1. The van der Waals surface area contributed by atoms with Gasteiger partial charge in [0.05, 0.1) is 4.92 Å². The van der Waals surface area contributed by atoms with Crippen LogP contribution in [-0.2, 0) is 4.79 Å². The first kappa shape index (κ1) is 21.1. The van der Waals surface area contributed by atoms with Crippen molar-refractivity contribution in [3.05, 3.63) is 39.4 Å². The lowest BCUT2D eigenvalue weighted by molar-refractivity contribution is -0.384. The van der Waals surface area contributed by atoms with Crippen LogP contribution in [0.1, 0.15) is 35.2 Å². The summed E-state index contributed by atoms with van der Waals surface area (Å²) < 4.78 is 0. The van der Waals surface area contributed by atoms with Gasteiger partial charge in [0.2, 0.25) is 5.91 Å². The number of nitro groups is 1. The van der Waals surface area contributed by atoms with Gasteiger partial charge < -0.3 is 20.6 Å². The van der Waals surface area contributed by atoms with Crippen LogP contribution >= 0.6 is 0 Å². The van der Waals surface area contributed by atoms with E-state index in [0.717, 1.165) is 0 Å². The van der Waals surface area contributed by atoms with Crippen LogP contribution in [0.15, 0.2) is 18.2 Å². The summed E-state index contributed by atoms with van der Waals surface area (Å²) in [7, 11) is 0. The first-order valence-corrected chi connectivity index (χ1v) is 9.08. The Balaban J connectivity index is 1.81. The molecule has 1 aliphatic heterocycles. The molecule has 10 nitrogen and oxygen atoms in total. The standard InChI is InChI=1S/C18H24N4O6/c1-12-11-14(22(27)28)3-4-15(12)17(24)21-9-5-13(6-10-21)16(23)19-7-2-8-20-18(25)26/h3-4,11,13,20H,2,5-10H2,1H3,(H,19,23)(H,25,26). The molecule has 3 N–H and O–H groups in total. The SMILES string of the molecule is Cc1cc([N+](=O)[O-])ccc1C(=O)N1CCC(C(=O)NCCCNC(=O)O)CC1. The highest BCUT2D eigenvalue weighted by Crippen LogP contribution is 2.22. The maximum absolute atomic E-state index is 12.7. The molecule has 2 rings (SSSR count). The van der Waals surface area contributed by atoms with Crippen LogP contribution in [0.4, 0.5) is 10.5 Å². The quantitative estimate of drug-likeness (QED) is 0.365. The van der Waals surface area contributed by atoms with Gasteiger partial charge in [0, 0.05) is 49.8 Å². The van der Waals surface area contributed by atoms with Crippen LogP contribution in [0.5, 0.6) is 0 Å². The number of benzene rings is 1. The second kappa shape index (κ2) is 9.67. The van der Waals surface area contributed by atoms with Crippen molar-refractivity contribution in [1.29, 1.82) is 0 Å². The third kappa shape index (κ3) is 5.66. The van der Waals surface area contributed by atoms with Gasteiger partial charge in [-0.05, 0) is 37.8 Å². The Morgan fingerprint density at radius 3 is 2.43 bits per heavy atom. The van der Waals surface area contributed by atoms with Crippen molar-refractivity contribution in [2.75, 3.05) is 26.2 Å². The van der Waals surface area contributed by atoms with E-state index in [4.69, 9.17) is 5.11 Å². The van der Waals surface area contributed by atoms with Gasteiger partial charge in [0.25, 0.3) is 11.6 Å². The highest BCUT2D eigenvalue weighted by molar-refractivity contribution is 5.96. The number of hydrogen-bond acceptors (Lipinski definition) is 5. The number of carbonyl (C=O) groups excluding carboxylic acids is 2. The van der Waals surface area contributed by atoms with Crippen molar-refractivity contribution >= 4 is 23.6 Å². The van der Waals surface area contributed by atoms with Gasteiger partial charge in [-0.25, -0.2) is 4.79 Å². The summed E-state index contributed by atoms with van der Waals surface area (Å²) in [6.45, 7) is 3.21. The van der Waals surface area contributed by atoms with Gasteiger partial charge in [0.15, 0.2) is 0 Å². The summed E-state index contributed by atoms with van der Waals surface area (Å²) in [5.41, 5.74) is 0.927. The predicted molar refractivity (Wildman–Crippen MR) is 100 cm³/mol. The maximum atomic E-state index is 12.7. The number of carbonyl (C=O) groups is 3. The summed E-state index contributed by atoms with van der Waals surface area (Å²) in [6, 6.07) is 4.17. The summed E-state index contributed by atoms with van der Waals surface area (Å²) >= 11 is 0. The summed E-state index contributed by atoms with van der Waals surface area (Å²) in [6.07, 6.45) is 0.495. The lowest BCUT2D eigenvalue weighted by Crippen LogP contribution is -2.43. The molecule has 1 aromatic rings. The third-order valence-electron chi connectivity index (χ3n) is 4.73. The maximum Gasteiger partial charge on any atom is 0.404 e. The fourth-order valence-corrected chi connectivity index (χ4v) is 3.16. The topological polar surface area (TPSA) is 142 Å². The molecular formula is C18H24N4O6. The molecule has 1 aromatic carbocycles. The second-order valence-electron chi connectivity index (χ2n) is 6.70. The van der Waals surface area contributed by atoms with E-state index in [1.54, 1.807) is 11.8 Å². The molecule has 0 aromatic heterocycles. The predicted octanol–water partition coefficient (Wildman–Crippen LogP) is 1.53. The van der Waals surface area contributed by atoms with E-state index in [2.05, 4.69) is 10.6 Å². The molecule has 1 aliphatic rings. The zero-order chi connectivity index (χ0) is 20.7. The van der Waals surface area contributed by atoms with Crippen LogP contribution in [0, 0.1) is 23.0 Å². The Hall–Kier alpha value is -3.17. The van der Waals surface area contributed by atoms with Gasteiger partial charge in [-0.15, -0.1) is 0 Å². The highest BCUT2D eigenvalue weighted by Gasteiger charge is 2.28. The van der Waals surface area contributed by atoms with E-state index in [-0.39, 0.29) is 30.0 Å². The zero-order valence-corrected chi connectivity index (χ0v) is 15.6. The number of hydrogen-bond donors (Lipinski definition) is 3. The molecular weight excluding hydrogens is 368 g/mol. The van der Waals surface area contributed by atoms with Crippen molar-refractivity contribution < 1.29 is 24.4 Å². The summed E-state index contributed by atoms with van der Waals surface area (Å²) in [4.78, 5) is 47.2. The highest BCUT2D eigenvalue weighted by atomic mass is 16.6. The number of likely N-dealkylation sites (tertiary alicyclic amines) is 1. The molecule has 0 aliphatic carbocycles. The number of rotatable bonds is 7. The lowest BCUT2D eigenvalue weighted by Gasteiger charge is -2.31. The summed E-state index contributed by atoms with van der Waals surface area (Å²) in [5.74, 6) is -0.464. The Kier molecular flexibility index (Phi) is 7.30. The third-order valence-corrected chi connectivity index (χ3v) is 4.73. The molecule has 1 heterocycles. The molecule has 1 saturated heterocycles. The van der Waals surface area contributed by atoms with Crippen LogP contribution in [0.3, 0.4) is 0 Å². The number of nitrogens with zero attached hydrogens (tertiary/aromatic N) is 2. The number of amides is 3. The molecule has 0 spiro atoms. The lowest BCUT2D eigenvalue weighted by atomic mass is 9.95. The van der Waals surface area contributed by atoms with E-state index in [1.807, 2.05) is 0 Å². The van der Waals surface area contributed by atoms with Gasteiger partial charge in [0.1, 0.15) is 0 Å².